The predicted octanol–water partition coefficient (Wildman–Crippen LogP) is 2.76. The van der Waals surface area contributed by atoms with Gasteiger partial charge in [0.05, 0.1) is 17.9 Å². The molecule has 4 nitrogen and oxygen atoms in total. The fourth-order valence-electron chi connectivity index (χ4n) is 2.37. The molecule has 3 rings (SSSR count). The van der Waals surface area contributed by atoms with Gasteiger partial charge in [-0.3, -0.25) is 0 Å². The number of thioether (sulfide) groups is 1. The van der Waals surface area contributed by atoms with Crippen molar-refractivity contribution in [1.29, 1.82) is 0 Å². The molecule has 2 aromatic rings. The Kier molecular flexibility index (Phi) is 3.03. The van der Waals surface area contributed by atoms with Crippen molar-refractivity contribution in [1.82, 2.24) is 9.55 Å². The van der Waals surface area contributed by atoms with Crippen LogP contribution in [-0.2, 0) is 5.54 Å². The van der Waals surface area contributed by atoms with E-state index in [1.54, 1.807) is 30.3 Å². The number of hydrogen-bond donors (Lipinski definition) is 1. The lowest BCUT2D eigenvalue weighted by molar-refractivity contribution is 0.0843. The van der Waals surface area contributed by atoms with E-state index in [9.17, 15) is 5.11 Å². The largest absolute Gasteiger partial charge is 0.465 e. The molecule has 1 N–H and O–H groups in total. The third kappa shape index (κ3) is 1.93. The minimum absolute atomic E-state index is 0.257. The summed E-state index contributed by atoms with van der Waals surface area (Å²) in [6, 6.07) is 3.69. The van der Waals surface area contributed by atoms with Crippen LogP contribution in [0.3, 0.4) is 0 Å². The van der Waals surface area contributed by atoms with E-state index in [4.69, 9.17) is 4.42 Å². The molecule has 0 bridgehead atoms. The first-order valence-corrected chi connectivity index (χ1v) is 7.10. The van der Waals surface area contributed by atoms with Crippen LogP contribution in [0.4, 0.5) is 0 Å². The first-order chi connectivity index (χ1) is 9.12. The third-order valence-corrected chi connectivity index (χ3v) is 5.16. The number of aliphatic hydroxyl groups is 1. The number of aliphatic hydroxyl groups excluding tert-OH is 1. The first-order valence-electron chi connectivity index (χ1n) is 6.22. The molecule has 1 aliphatic heterocycles. The molecule has 0 aromatic carbocycles. The molecule has 3 atom stereocenters. The van der Waals surface area contributed by atoms with Crippen LogP contribution in [0, 0.1) is 0 Å². The maximum absolute atomic E-state index is 10.6. The number of hydrogen-bond acceptors (Lipinski definition) is 4. The molecule has 0 spiro atoms. The van der Waals surface area contributed by atoms with Crippen molar-refractivity contribution in [2.75, 3.05) is 0 Å². The fraction of sp³-hybridized carbons (Fsp3) is 0.357. The Balaban J connectivity index is 1.88. The highest BCUT2D eigenvalue weighted by Gasteiger charge is 2.46. The van der Waals surface area contributed by atoms with Gasteiger partial charge in [0.15, 0.2) is 5.16 Å². The van der Waals surface area contributed by atoms with Crippen molar-refractivity contribution >= 4 is 17.8 Å². The monoisotopic (exact) mass is 276 g/mol. The maximum atomic E-state index is 10.6. The number of furan rings is 1. The van der Waals surface area contributed by atoms with Crippen molar-refractivity contribution < 1.29 is 9.52 Å². The predicted molar refractivity (Wildman–Crippen MR) is 74.9 cm³/mol. The lowest BCUT2D eigenvalue weighted by atomic mass is 9.90. The molecule has 1 aliphatic rings. The van der Waals surface area contributed by atoms with Gasteiger partial charge in [-0.15, -0.1) is 0 Å². The molecule has 3 heterocycles. The average Bonchev–Trinajstić information content (AvgIpc) is 3.08. The van der Waals surface area contributed by atoms with Gasteiger partial charge in [0.1, 0.15) is 5.76 Å². The number of aromatic nitrogens is 2. The van der Waals surface area contributed by atoms with Crippen LogP contribution in [0.5, 0.6) is 0 Å². The first kappa shape index (κ1) is 12.6. The Labute approximate surface area is 116 Å². The highest BCUT2D eigenvalue weighted by molar-refractivity contribution is 8.00. The Morgan fingerprint density at radius 1 is 1.63 bits per heavy atom. The molecule has 3 unspecified atom stereocenters. The summed E-state index contributed by atoms with van der Waals surface area (Å²) >= 11 is 1.69. The Morgan fingerprint density at radius 3 is 3.21 bits per heavy atom. The van der Waals surface area contributed by atoms with Crippen LogP contribution in [0.25, 0.3) is 6.08 Å². The number of imidazole rings is 1. The summed E-state index contributed by atoms with van der Waals surface area (Å²) in [5, 5.41) is 11.8. The van der Waals surface area contributed by atoms with E-state index in [0.29, 0.717) is 0 Å². The van der Waals surface area contributed by atoms with Crippen molar-refractivity contribution in [2.45, 2.75) is 35.9 Å². The number of fused-ring (bicyclic) bond motifs is 1. The molecular formula is C14H16N2O2S. The summed E-state index contributed by atoms with van der Waals surface area (Å²) in [6.45, 7) is 4.17. The summed E-state index contributed by atoms with van der Waals surface area (Å²) in [5.74, 6) is 0.742. The molecular weight excluding hydrogens is 260 g/mol. The SMILES string of the molecule is CC1Sc2nccn2C1(C)C(O)/C=C/c1ccco1. The summed E-state index contributed by atoms with van der Waals surface area (Å²) in [6.07, 6.45) is 8.31. The van der Waals surface area contributed by atoms with Crippen LogP contribution in [0.1, 0.15) is 19.6 Å². The van der Waals surface area contributed by atoms with E-state index in [-0.39, 0.29) is 10.8 Å². The number of rotatable bonds is 3. The molecule has 5 heteroatoms. The molecule has 100 valence electrons. The topological polar surface area (TPSA) is 51.2 Å². The standard InChI is InChI=1S/C14H16N2O2S/c1-10-14(2,16-8-7-15-13(16)19-10)12(17)6-5-11-4-3-9-18-11/h3-10,12,17H,1-2H3/b6-5+. The van der Waals surface area contributed by atoms with Crippen LogP contribution in [0.15, 0.2) is 46.4 Å². The average molecular weight is 276 g/mol. The van der Waals surface area contributed by atoms with Gasteiger partial charge >= 0.3 is 0 Å². The zero-order valence-electron chi connectivity index (χ0n) is 10.9. The van der Waals surface area contributed by atoms with E-state index in [2.05, 4.69) is 23.4 Å². The zero-order chi connectivity index (χ0) is 13.5. The van der Waals surface area contributed by atoms with Gasteiger partial charge < -0.3 is 14.1 Å². The molecule has 0 radical (unpaired) electrons. The Hall–Kier alpha value is -1.46. The van der Waals surface area contributed by atoms with Gasteiger partial charge in [0, 0.05) is 17.6 Å². The van der Waals surface area contributed by atoms with Crippen LogP contribution < -0.4 is 0 Å². The lowest BCUT2D eigenvalue weighted by Gasteiger charge is -2.33. The van der Waals surface area contributed by atoms with Crippen molar-refractivity contribution in [3.8, 4) is 0 Å². The van der Waals surface area contributed by atoms with Gasteiger partial charge in [0.25, 0.3) is 0 Å². The van der Waals surface area contributed by atoms with Crippen LogP contribution >= 0.6 is 11.8 Å². The molecule has 0 saturated heterocycles. The number of nitrogens with zero attached hydrogens (tertiary/aromatic N) is 2. The van der Waals surface area contributed by atoms with E-state index in [1.807, 2.05) is 24.4 Å². The van der Waals surface area contributed by atoms with Gasteiger partial charge in [-0.25, -0.2) is 4.98 Å². The van der Waals surface area contributed by atoms with Gasteiger partial charge in [-0.05, 0) is 25.1 Å². The van der Waals surface area contributed by atoms with Crippen molar-refractivity contribution in [3.63, 3.8) is 0 Å². The van der Waals surface area contributed by atoms with E-state index in [0.717, 1.165) is 10.9 Å². The van der Waals surface area contributed by atoms with Crippen LogP contribution in [0.2, 0.25) is 0 Å². The van der Waals surface area contributed by atoms with E-state index in [1.165, 1.54) is 0 Å². The summed E-state index contributed by atoms with van der Waals surface area (Å²) in [4.78, 5) is 4.31. The van der Waals surface area contributed by atoms with Gasteiger partial charge in [-0.1, -0.05) is 24.8 Å². The quantitative estimate of drug-likeness (QED) is 0.936. The molecule has 19 heavy (non-hydrogen) atoms. The molecule has 0 amide bonds. The highest BCUT2D eigenvalue weighted by atomic mass is 32.2. The minimum Gasteiger partial charge on any atom is -0.465 e. The van der Waals surface area contributed by atoms with Crippen molar-refractivity contribution in [2.24, 2.45) is 0 Å². The second kappa shape index (κ2) is 4.58. The molecule has 0 saturated carbocycles. The Bertz CT molecular complexity index is 590. The fourth-order valence-corrected chi connectivity index (χ4v) is 3.67. The van der Waals surface area contributed by atoms with Gasteiger partial charge in [-0.2, -0.15) is 0 Å². The second-order valence-electron chi connectivity index (χ2n) is 4.89. The maximum Gasteiger partial charge on any atom is 0.168 e. The third-order valence-electron chi connectivity index (χ3n) is 3.82. The highest BCUT2D eigenvalue weighted by Crippen LogP contribution is 2.45. The Morgan fingerprint density at radius 2 is 2.47 bits per heavy atom. The van der Waals surface area contributed by atoms with Crippen LogP contribution in [-0.4, -0.2) is 26.0 Å². The lowest BCUT2D eigenvalue weighted by Crippen LogP contribution is -2.45. The molecule has 0 fully saturated rings. The second-order valence-corrected chi connectivity index (χ2v) is 6.19. The molecule has 0 aliphatic carbocycles. The summed E-state index contributed by atoms with van der Waals surface area (Å²) in [5.41, 5.74) is -0.389. The van der Waals surface area contributed by atoms with Crippen molar-refractivity contribution in [3.05, 3.63) is 42.6 Å². The summed E-state index contributed by atoms with van der Waals surface area (Å²) < 4.78 is 7.29. The van der Waals surface area contributed by atoms with Gasteiger partial charge in [0.2, 0.25) is 0 Å². The minimum atomic E-state index is -0.601. The zero-order valence-corrected chi connectivity index (χ0v) is 11.7. The smallest absolute Gasteiger partial charge is 0.168 e. The van der Waals surface area contributed by atoms with E-state index >= 15 is 0 Å². The van der Waals surface area contributed by atoms with E-state index < -0.39 is 6.10 Å². The normalized spacial score (nSPS) is 27.8. The summed E-state index contributed by atoms with van der Waals surface area (Å²) in [7, 11) is 0. The molecule has 2 aromatic heterocycles.